The number of nitrogen functional groups attached to an aromatic ring is 1. The molecule has 4 aromatic carbocycles. The molecule has 0 unspecified atom stereocenters. The maximum Gasteiger partial charge on any atom is 0.201 e. The highest BCUT2D eigenvalue weighted by atomic mass is 79.9. The predicted octanol–water partition coefficient (Wildman–Crippen LogP) is 7.38. The summed E-state index contributed by atoms with van der Waals surface area (Å²) in [5, 5.41) is 34.7. The Kier molecular flexibility index (Phi) is 13.3. The molecule has 0 radical (unpaired) electrons. The molecule has 3 heterocycles. The number of nitrogens with two attached hydrogens (primary N) is 1. The third kappa shape index (κ3) is 9.83. The summed E-state index contributed by atoms with van der Waals surface area (Å²) in [6.45, 7) is 4.83. The maximum absolute atomic E-state index is 11.1. The lowest BCUT2D eigenvalue weighted by Crippen LogP contribution is -2.41. The Balaban J connectivity index is 0.840. The molecule has 1 fully saturated rings. The number of benzene rings is 4. The number of aromatic nitrogens is 3. The van der Waals surface area contributed by atoms with Crippen molar-refractivity contribution in [3.05, 3.63) is 130 Å². The molecular formula is C44H47BrN8O5. The highest BCUT2D eigenvalue weighted by Crippen LogP contribution is 2.35. The van der Waals surface area contributed by atoms with Crippen LogP contribution in [0.15, 0.2) is 113 Å². The number of halogens is 1. The molecule has 0 bridgehead atoms. The number of para-hydroxylation sites is 1. The molecule has 300 valence electrons. The number of fused-ring (bicyclic) bond motifs is 1. The van der Waals surface area contributed by atoms with Gasteiger partial charge in [0.05, 0.1) is 61.0 Å². The molecule has 14 heteroatoms. The first-order valence-corrected chi connectivity index (χ1v) is 20.0. The molecular weight excluding hydrogens is 800 g/mol. The summed E-state index contributed by atoms with van der Waals surface area (Å²) < 4.78 is 20.3. The summed E-state index contributed by atoms with van der Waals surface area (Å²) in [4.78, 5) is 15.9. The lowest BCUT2D eigenvalue weighted by Gasteiger charge is -2.32. The van der Waals surface area contributed by atoms with Crippen LogP contribution in [0.1, 0.15) is 35.1 Å². The summed E-state index contributed by atoms with van der Waals surface area (Å²) in [6.07, 6.45) is 3.24. The number of aryl methyl sites for hydroxylation is 1. The second kappa shape index (κ2) is 19.1. The van der Waals surface area contributed by atoms with E-state index in [-0.39, 0.29) is 29.2 Å². The van der Waals surface area contributed by atoms with Gasteiger partial charge in [-0.2, -0.15) is 0 Å². The number of anilines is 2. The van der Waals surface area contributed by atoms with Crippen molar-refractivity contribution >= 4 is 49.9 Å². The number of rotatable bonds is 17. The molecule has 6 aromatic rings. The second-order valence-electron chi connectivity index (χ2n) is 14.0. The van der Waals surface area contributed by atoms with Crippen LogP contribution in [0.3, 0.4) is 0 Å². The number of nitrogens with one attached hydrogen (secondary N) is 2. The van der Waals surface area contributed by atoms with E-state index in [1.807, 2.05) is 85.9 Å². The van der Waals surface area contributed by atoms with Gasteiger partial charge in [-0.15, -0.1) is 0 Å². The topological polar surface area (TPSA) is 176 Å². The smallest absolute Gasteiger partial charge is 0.201 e. The van der Waals surface area contributed by atoms with Crippen LogP contribution in [0.5, 0.6) is 23.1 Å². The van der Waals surface area contributed by atoms with Gasteiger partial charge in [0.25, 0.3) is 0 Å². The summed E-state index contributed by atoms with van der Waals surface area (Å²) >= 11 is 3.55. The molecule has 0 saturated carbocycles. The number of likely N-dealkylation sites (tertiary alicyclic amines) is 1. The van der Waals surface area contributed by atoms with E-state index < -0.39 is 0 Å². The molecule has 1 aliphatic rings. The van der Waals surface area contributed by atoms with Crippen LogP contribution in [-0.2, 0) is 16.5 Å². The van der Waals surface area contributed by atoms with Crippen molar-refractivity contribution in [3.63, 3.8) is 0 Å². The van der Waals surface area contributed by atoms with Crippen molar-refractivity contribution in [1.29, 1.82) is 5.41 Å². The average molecular weight is 848 g/mol. The van der Waals surface area contributed by atoms with Gasteiger partial charge in [0, 0.05) is 53.7 Å². The number of nitrogens with zero attached hydrogens (tertiary/aromatic N) is 5. The molecule has 13 nitrogen and oxygen atoms in total. The third-order valence-electron chi connectivity index (χ3n) is 10.1. The normalized spacial score (nSPS) is 13.9. The molecule has 2 aromatic heterocycles. The minimum atomic E-state index is 0.0976. The van der Waals surface area contributed by atoms with Crippen LogP contribution in [0.4, 0.5) is 11.6 Å². The first kappa shape index (κ1) is 40.4. The van der Waals surface area contributed by atoms with E-state index in [9.17, 15) is 10.2 Å². The van der Waals surface area contributed by atoms with Crippen LogP contribution in [-0.4, -0.2) is 99.7 Å². The van der Waals surface area contributed by atoms with Crippen LogP contribution in [0.2, 0.25) is 0 Å². The van der Waals surface area contributed by atoms with Gasteiger partial charge in [0.15, 0.2) is 0 Å². The number of hydrogen-bond acceptors (Lipinski definition) is 12. The van der Waals surface area contributed by atoms with E-state index >= 15 is 0 Å². The first-order valence-electron chi connectivity index (χ1n) is 19.2. The Morgan fingerprint density at radius 2 is 1.60 bits per heavy atom. The van der Waals surface area contributed by atoms with Crippen molar-refractivity contribution in [1.82, 2.24) is 19.4 Å². The average Bonchev–Trinajstić information content (AvgIpc) is 3.47. The fourth-order valence-electron chi connectivity index (χ4n) is 7.05. The van der Waals surface area contributed by atoms with Crippen molar-refractivity contribution in [3.8, 4) is 23.1 Å². The number of aromatic hydroxyl groups is 2. The highest BCUT2D eigenvalue weighted by molar-refractivity contribution is 9.10. The molecule has 1 saturated heterocycles. The summed E-state index contributed by atoms with van der Waals surface area (Å²) in [5.74, 6) is 2.45. The summed E-state index contributed by atoms with van der Waals surface area (Å²) in [5.41, 5.74) is 10.5. The van der Waals surface area contributed by atoms with Crippen LogP contribution in [0.25, 0.3) is 10.9 Å². The zero-order valence-electron chi connectivity index (χ0n) is 32.3. The van der Waals surface area contributed by atoms with Gasteiger partial charge in [-0.3, -0.25) is 10.4 Å². The largest absolute Gasteiger partial charge is 0.508 e. The zero-order valence-corrected chi connectivity index (χ0v) is 33.9. The monoisotopic (exact) mass is 846 g/mol. The first-order chi connectivity index (χ1) is 28.2. The Morgan fingerprint density at radius 3 is 2.36 bits per heavy atom. The van der Waals surface area contributed by atoms with Crippen molar-refractivity contribution in [2.45, 2.75) is 18.9 Å². The summed E-state index contributed by atoms with van der Waals surface area (Å²) in [6, 6.07) is 29.8. The number of aliphatic imine (C=N–C) groups is 1. The molecule has 0 aliphatic carbocycles. The van der Waals surface area contributed by atoms with Crippen LogP contribution in [0, 0.1) is 5.41 Å². The Bertz CT molecular complexity index is 2360. The molecule has 6 N–H and O–H groups in total. The molecule has 7 rings (SSSR count). The third-order valence-corrected chi connectivity index (χ3v) is 10.6. The number of piperidine rings is 1. The van der Waals surface area contributed by atoms with Gasteiger partial charge in [-0.05, 0) is 79.6 Å². The highest BCUT2D eigenvalue weighted by Gasteiger charge is 2.24. The molecule has 1 aliphatic heterocycles. The Morgan fingerprint density at radius 1 is 0.862 bits per heavy atom. The van der Waals surface area contributed by atoms with Gasteiger partial charge < -0.3 is 44.9 Å². The lowest BCUT2D eigenvalue weighted by molar-refractivity contribution is 0.0387. The van der Waals surface area contributed by atoms with Crippen molar-refractivity contribution in [2.75, 3.05) is 63.7 Å². The Labute approximate surface area is 345 Å². The molecule has 0 amide bonds. The van der Waals surface area contributed by atoms with E-state index in [2.05, 4.69) is 36.1 Å². The van der Waals surface area contributed by atoms with Gasteiger partial charge in [-0.1, -0.05) is 46.3 Å². The van der Waals surface area contributed by atoms with E-state index in [1.165, 1.54) is 6.33 Å². The summed E-state index contributed by atoms with van der Waals surface area (Å²) in [7, 11) is 1.81. The fourth-order valence-corrected chi connectivity index (χ4v) is 7.41. The lowest BCUT2D eigenvalue weighted by atomic mass is 10.0. The standard InChI is InChI=1S/C44H47BrN8O5/c1-52-37-15-12-31(45)27-36(37)38(44(52)55)41(30-6-5-7-33(54)26-30)48-18-22-56-24-25-57-23-21-53-19-16-32(17-20-53)51-43-39(42(47)49-28-50-43)40(46)29-10-13-35(14-11-29)58-34-8-3-2-4-9-34/h2-15,26-28,32,46,54-55H,16-25H2,1H3,(H3,47,49,50,51). The quantitative estimate of drug-likeness (QED) is 0.0460. The van der Waals surface area contributed by atoms with Crippen molar-refractivity contribution in [2.24, 2.45) is 12.0 Å². The minimum Gasteiger partial charge on any atom is -0.508 e. The van der Waals surface area contributed by atoms with Gasteiger partial charge in [0.1, 0.15) is 35.2 Å². The molecule has 58 heavy (non-hydrogen) atoms. The van der Waals surface area contributed by atoms with E-state index in [4.69, 9.17) is 30.3 Å². The number of phenols is 1. The number of hydrogen-bond donors (Lipinski definition) is 5. The van der Waals surface area contributed by atoms with Gasteiger partial charge in [-0.25, -0.2) is 9.97 Å². The van der Waals surface area contributed by atoms with E-state index in [0.717, 1.165) is 53.6 Å². The predicted molar refractivity (Wildman–Crippen MR) is 231 cm³/mol. The Hall–Kier alpha value is -5.80. The van der Waals surface area contributed by atoms with Crippen LogP contribution >= 0.6 is 15.9 Å². The molecule has 0 spiro atoms. The maximum atomic E-state index is 11.1. The minimum absolute atomic E-state index is 0.0976. The van der Waals surface area contributed by atoms with Crippen LogP contribution < -0.4 is 15.8 Å². The van der Waals surface area contributed by atoms with Gasteiger partial charge in [0.2, 0.25) is 5.88 Å². The zero-order chi connectivity index (χ0) is 40.4. The molecule has 0 atom stereocenters. The van der Waals surface area contributed by atoms with Gasteiger partial charge >= 0.3 is 0 Å². The van der Waals surface area contributed by atoms with E-state index in [0.29, 0.717) is 72.5 Å². The number of ether oxygens (including phenoxy) is 3. The SMILES string of the molecule is Cn1c(O)c(C(=NCCOCCOCCN2CCC(Nc3ncnc(N)c3C(=N)c3ccc(Oc4ccccc4)cc3)CC2)c2cccc(O)c2)c2cc(Br)ccc21. The number of phenolic OH excluding ortho intramolecular Hbond substituents is 1. The fraction of sp³-hybridized carbons (Fsp3) is 0.273. The second-order valence-corrected chi connectivity index (χ2v) is 14.9. The van der Waals surface area contributed by atoms with E-state index in [1.54, 1.807) is 22.8 Å². The van der Waals surface area contributed by atoms with Crippen molar-refractivity contribution < 1.29 is 24.4 Å².